The summed E-state index contributed by atoms with van der Waals surface area (Å²) in [5.41, 5.74) is 2.07. The molecule has 1 heterocycles. The fourth-order valence-corrected chi connectivity index (χ4v) is 1.37. The van der Waals surface area contributed by atoms with Crippen LogP contribution in [0.5, 0.6) is 5.75 Å². The van der Waals surface area contributed by atoms with E-state index in [4.69, 9.17) is 4.74 Å². The van der Waals surface area contributed by atoms with E-state index in [2.05, 4.69) is 18.8 Å². The Morgan fingerprint density at radius 1 is 1.36 bits per heavy atom. The van der Waals surface area contributed by atoms with Gasteiger partial charge >= 0.3 is 0 Å². The minimum absolute atomic E-state index is 0.376. The summed E-state index contributed by atoms with van der Waals surface area (Å²) in [4.78, 5) is 4.16. The lowest BCUT2D eigenvalue weighted by Crippen LogP contribution is -2.05. The molecule has 14 heavy (non-hydrogen) atoms. The van der Waals surface area contributed by atoms with Gasteiger partial charge in [-0.1, -0.05) is 13.8 Å². The van der Waals surface area contributed by atoms with Crippen molar-refractivity contribution in [2.75, 3.05) is 0 Å². The van der Waals surface area contributed by atoms with Crippen molar-refractivity contribution in [3.8, 4) is 5.75 Å². The number of pyridine rings is 1. The molecule has 1 unspecified atom stereocenters. The summed E-state index contributed by atoms with van der Waals surface area (Å²) in [6, 6.07) is 1.85. The number of hydrogen-bond acceptors (Lipinski definition) is 2. The Kier molecular flexibility index (Phi) is 3.44. The quantitative estimate of drug-likeness (QED) is 0.742. The van der Waals surface area contributed by atoms with Crippen LogP contribution in [0.25, 0.3) is 0 Å². The van der Waals surface area contributed by atoms with Gasteiger partial charge in [0, 0.05) is 12.6 Å². The van der Waals surface area contributed by atoms with E-state index in [0.29, 0.717) is 11.7 Å². The summed E-state index contributed by atoms with van der Waals surface area (Å²) in [6.07, 6.45) is 0.261. The first-order valence-electron chi connectivity index (χ1n) is 4.78. The highest BCUT2D eigenvalue weighted by Gasteiger charge is 2.08. The van der Waals surface area contributed by atoms with Gasteiger partial charge in [0.05, 0.1) is 6.20 Å². The summed E-state index contributed by atoms with van der Waals surface area (Å²) in [5.74, 6) is 0.871. The Bertz CT molecular complexity index is 310. The van der Waals surface area contributed by atoms with E-state index in [1.807, 2.05) is 13.0 Å². The third kappa shape index (κ3) is 2.69. The largest absolute Gasteiger partial charge is 0.459 e. The summed E-state index contributed by atoms with van der Waals surface area (Å²) in [5, 5.41) is 0. The predicted molar refractivity (Wildman–Crippen MR) is 54.3 cm³/mol. The first-order chi connectivity index (χ1) is 6.50. The molecule has 1 rings (SSSR count). The molecule has 0 aliphatic rings. The second kappa shape index (κ2) is 4.40. The van der Waals surface area contributed by atoms with Gasteiger partial charge in [-0.2, -0.15) is 0 Å². The van der Waals surface area contributed by atoms with Gasteiger partial charge in [-0.25, -0.2) is 4.39 Å². The number of hydrogen-bond donors (Lipinski definition) is 0. The fraction of sp³-hybridized carbons (Fsp3) is 0.545. The molecule has 0 bridgehead atoms. The van der Waals surface area contributed by atoms with Gasteiger partial charge in [0.15, 0.2) is 0 Å². The Hall–Kier alpha value is -1.12. The van der Waals surface area contributed by atoms with E-state index < -0.39 is 6.36 Å². The van der Waals surface area contributed by atoms with Gasteiger partial charge in [0.25, 0.3) is 0 Å². The third-order valence-electron chi connectivity index (χ3n) is 2.02. The van der Waals surface area contributed by atoms with Crippen LogP contribution < -0.4 is 4.74 Å². The van der Waals surface area contributed by atoms with Crippen LogP contribution in [0, 0.1) is 6.92 Å². The average Bonchev–Trinajstić information content (AvgIpc) is 2.07. The van der Waals surface area contributed by atoms with Crippen LogP contribution in [0.15, 0.2) is 12.3 Å². The number of halogens is 1. The van der Waals surface area contributed by atoms with Crippen molar-refractivity contribution < 1.29 is 9.13 Å². The number of alkyl halides is 1. The van der Waals surface area contributed by atoms with Crippen LogP contribution in [0.4, 0.5) is 4.39 Å². The molecule has 1 atom stereocenters. The molecule has 0 amide bonds. The fourth-order valence-electron chi connectivity index (χ4n) is 1.37. The molecule has 0 saturated heterocycles. The SMILES string of the molecule is Cc1ncc(OC(C)F)cc1C(C)C. The van der Waals surface area contributed by atoms with Gasteiger partial charge in [0.1, 0.15) is 5.75 Å². The van der Waals surface area contributed by atoms with Crippen LogP contribution in [-0.4, -0.2) is 11.3 Å². The minimum Gasteiger partial charge on any atom is -0.459 e. The van der Waals surface area contributed by atoms with Crippen molar-refractivity contribution in [3.63, 3.8) is 0 Å². The van der Waals surface area contributed by atoms with E-state index in [9.17, 15) is 4.39 Å². The second-order valence-electron chi connectivity index (χ2n) is 3.66. The normalized spacial score (nSPS) is 13.0. The average molecular weight is 197 g/mol. The Morgan fingerprint density at radius 2 is 2.00 bits per heavy atom. The molecule has 0 fully saturated rings. The number of rotatable bonds is 3. The second-order valence-corrected chi connectivity index (χ2v) is 3.66. The van der Waals surface area contributed by atoms with Crippen molar-refractivity contribution in [1.82, 2.24) is 4.98 Å². The molecule has 0 aliphatic heterocycles. The Morgan fingerprint density at radius 3 is 2.50 bits per heavy atom. The molecule has 2 nitrogen and oxygen atoms in total. The Labute approximate surface area is 84.1 Å². The molecule has 1 aromatic heterocycles. The number of ether oxygens (including phenoxy) is 1. The number of nitrogens with zero attached hydrogens (tertiary/aromatic N) is 1. The molecule has 0 aliphatic carbocycles. The van der Waals surface area contributed by atoms with Gasteiger partial charge in [-0.05, 0) is 24.5 Å². The summed E-state index contributed by atoms with van der Waals surface area (Å²) in [7, 11) is 0. The zero-order valence-electron chi connectivity index (χ0n) is 9.04. The van der Waals surface area contributed by atoms with Crippen molar-refractivity contribution in [2.45, 2.75) is 40.0 Å². The van der Waals surface area contributed by atoms with Gasteiger partial charge in [0.2, 0.25) is 6.36 Å². The summed E-state index contributed by atoms with van der Waals surface area (Å²) in [6.45, 7) is 7.45. The van der Waals surface area contributed by atoms with Crippen molar-refractivity contribution >= 4 is 0 Å². The highest BCUT2D eigenvalue weighted by Crippen LogP contribution is 2.22. The summed E-state index contributed by atoms with van der Waals surface area (Å²) < 4.78 is 17.5. The molecule has 0 aromatic carbocycles. The molecule has 1 aromatic rings. The minimum atomic E-state index is -1.29. The molecular formula is C11H16FNO. The van der Waals surface area contributed by atoms with Gasteiger partial charge in [-0.15, -0.1) is 0 Å². The van der Waals surface area contributed by atoms with Gasteiger partial charge in [-0.3, -0.25) is 4.98 Å². The van der Waals surface area contributed by atoms with E-state index in [1.165, 1.54) is 6.92 Å². The zero-order chi connectivity index (χ0) is 10.7. The van der Waals surface area contributed by atoms with Gasteiger partial charge < -0.3 is 4.74 Å². The van der Waals surface area contributed by atoms with Crippen molar-refractivity contribution in [3.05, 3.63) is 23.5 Å². The number of aromatic nitrogens is 1. The van der Waals surface area contributed by atoms with E-state index in [-0.39, 0.29) is 0 Å². The Balaban J connectivity index is 2.94. The first kappa shape index (κ1) is 11.0. The monoisotopic (exact) mass is 197 g/mol. The third-order valence-corrected chi connectivity index (χ3v) is 2.02. The molecule has 78 valence electrons. The maximum atomic E-state index is 12.6. The summed E-state index contributed by atoms with van der Waals surface area (Å²) >= 11 is 0. The van der Waals surface area contributed by atoms with E-state index in [0.717, 1.165) is 11.3 Å². The molecule has 0 spiro atoms. The van der Waals surface area contributed by atoms with Crippen LogP contribution in [-0.2, 0) is 0 Å². The van der Waals surface area contributed by atoms with E-state index >= 15 is 0 Å². The lowest BCUT2D eigenvalue weighted by atomic mass is 10.0. The predicted octanol–water partition coefficient (Wildman–Crippen LogP) is 3.21. The van der Waals surface area contributed by atoms with Crippen molar-refractivity contribution in [1.29, 1.82) is 0 Å². The number of aryl methyl sites for hydroxylation is 1. The molecule has 0 radical (unpaired) electrons. The lowest BCUT2D eigenvalue weighted by molar-refractivity contribution is 0.0855. The molecular weight excluding hydrogens is 181 g/mol. The van der Waals surface area contributed by atoms with E-state index in [1.54, 1.807) is 6.20 Å². The lowest BCUT2D eigenvalue weighted by Gasteiger charge is -2.12. The smallest absolute Gasteiger partial charge is 0.235 e. The molecule has 3 heteroatoms. The molecule has 0 saturated carbocycles. The maximum Gasteiger partial charge on any atom is 0.235 e. The zero-order valence-corrected chi connectivity index (χ0v) is 9.04. The standard InChI is InChI=1S/C11H16FNO/c1-7(2)11-5-10(14-9(4)12)6-13-8(11)3/h5-7,9H,1-4H3. The highest BCUT2D eigenvalue weighted by atomic mass is 19.1. The topological polar surface area (TPSA) is 22.1 Å². The first-order valence-corrected chi connectivity index (χ1v) is 4.78. The maximum absolute atomic E-state index is 12.6. The highest BCUT2D eigenvalue weighted by molar-refractivity contribution is 5.30. The molecule has 0 N–H and O–H groups in total. The van der Waals surface area contributed by atoms with Crippen LogP contribution in [0.1, 0.15) is 37.9 Å². The van der Waals surface area contributed by atoms with Crippen LogP contribution in [0.2, 0.25) is 0 Å². The van der Waals surface area contributed by atoms with Crippen molar-refractivity contribution in [2.24, 2.45) is 0 Å². The van der Waals surface area contributed by atoms with Crippen LogP contribution >= 0.6 is 0 Å². The van der Waals surface area contributed by atoms with Crippen LogP contribution in [0.3, 0.4) is 0 Å².